The molecule has 1 aromatic carbocycles. The molecule has 0 unspecified atom stereocenters. The number of hydrogen-bond donors (Lipinski definition) is 0. The molecule has 1 aromatic rings. The summed E-state index contributed by atoms with van der Waals surface area (Å²) in [6.45, 7) is 1.66. The van der Waals surface area contributed by atoms with E-state index in [1.807, 2.05) is 4.90 Å². The maximum atomic E-state index is 11.2. The summed E-state index contributed by atoms with van der Waals surface area (Å²) < 4.78 is 22.5. The number of sulfone groups is 1. The third-order valence-electron chi connectivity index (χ3n) is 2.29. The molecule has 1 aliphatic heterocycles. The van der Waals surface area contributed by atoms with E-state index in [2.05, 4.69) is 4.99 Å². The van der Waals surface area contributed by atoms with Crippen molar-refractivity contribution in [2.75, 3.05) is 24.2 Å². The molecule has 0 amide bonds. The zero-order valence-electron chi connectivity index (χ0n) is 8.42. The van der Waals surface area contributed by atoms with Crippen molar-refractivity contribution >= 4 is 21.9 Å². The van der Waals surface area contributed by atoms with Crippen LogP contribution in [0.25, 0.3) is 0 Å². The minimum Gasteiger partial charge on any atom is -0.331 e. The lowest BCUT2D eigenvalue weighted by Crippen LogP contribution is -2.17. The van der Waals surface area contributed by atoms with Gasteiger partial charge >= 0.3 is 0 Å². The standard InChI is InChI=1S/C10H12N2O2S/c1-15(13,14)10-4-2-9(3-5-10)12-7-6-11-8-12/h2-5,8H,6-7H2,1H3. The maximum absolute atomic E-state index is 11.2. The monoisotopic (exact) mass is 224 g/mol. The first-order valence-electron chi connectivity index (χ1n) is 4.64. The lowest BCUT2D eigenvalue weighted by atomic mass is 10.3. The van der Waals surface area contributed by atoms with Crippen LogP contribution < -0.4 is 4.90 Å². The summed E-state index contributed by atoms with van der Waals surface area (Å²) in [6, 6.07) is 6.84. The van der Waals surface area contributed by atoms with Gasteiger partial charge in [-0.15, -0.1) is 0 Å². The predicted molar refractivity (Wildman–Crippen MR) is 60.3 cm³/mol. The van der Waals surface area contributed by atoms with Crippen molar-refractivity contribution in [3.05, 3.63) is 24.3 Å². The Kier molecular flexibility index (Phi) is 2.48. The smallest absolute Gasteiger partial charge is 0.175 e. The molecule has 0 N–H and O–H groups in total. The zero-order valence-corrected chi connectivity index (χ0v) is 9.24. The molecule has 0 radical (unpaired) electrons. The molecule has 0 saturated heterocycles. The Morgan fingerprint density at radius 1 is 1.27 bits per heavy atom. The van der Waals surface area contributed by atoms with E-state index < -0.39 is 9.84 Å². The summed E-state index contributed by atoms with van der Waals surface area (Å²) in [6.07, 6.45) is 2.98. The van der Waals surface area contributed by atoms with Gasteiger partial charge in [-0.3, -0.25) is 4.99 Å². The molecule has 5 heteroatoms. The number of anilines is 1. The van der Waals surface area contributed by atoms with Crippen LogP contribution in [0, 0.1) is 0 Å². The number of hydrogen-bond acceptors (Lipinski definition) is 4. The first kappa shape index (κ1) is 10.2. The van der Waals surface area contributed by atoms with Crippen LogP contribution in [0.3, 0.4) is 0 Å². The van der Waals surface area contributed by atoms with Crippen LogP contribution in [0.4, 0.5) is 5.69 Å². The second-order valence-corrected chi connectivity index (χ2v) is 5.50. The van der Waals surface area contributed by atoms with Gasteiger partial charge in [0.1, 0.15) is 0 Å². The third kappa shape index (κ3) is 2.18. The molecule has 0 spiro atoms. The van der Waals surface area contributed by atoms with Gasteiger partial charge in [-0.25, -0.2) is 8.42 Å². The highest BCUT2D eigenvalue weighted by atomic mass is 32.2. The Morgan fingerprint density at radius 2 is 1.93 bits per heavy atom. The number of benzene rings is 1. The fraction of sp³-hybridized carbons (Fsp3) is 0.300. The van der Waals surface area contributed by atoms with Gasteiger partial charge in [0, 0.05) is 18.5 Å². The first-order chi connectivity index (χ1) is 7.07. The van der Waals surface area contributed by atoms with Crippen molar-refractivity contribution in [1.29, 1.82) is 0 Å². The third-order valence-corrected chi connectivity index (χ3v) is 3.42. The molecule has 0 aromatic heterocycles. The van der Waals surface area contributed by atoms with Crippen molar-refractivity contribution in [2.24, 2.45) is 4.99 Å². The van der Waals surface area contributed by atoms with E-state index in [-0.39, 0.29) is 0 Å². The maximum Gasteiger partial charge on any atom is 0.175 e. The fourth-order valence-electron chi connectivity index (χ4n) is 1.46. The lowest BCUT2D eigenvalue weighted by molar-refractivity contribution is 0.602. The molecule has 0 bridgehead atoms. The van der Waals surface area contributed by atoms with Crippen LogP contribution in [0.15, 0.2) is 34.2 Å². The van der Waals surface area contributed by atoms with Gasteiger partial charge in [0.2, 0.25) is 0 Å². The van der Waals surface area contributed by atoms with Crippen molar-refractivity contribution in [3.8, 4) is 0 Å². The average molecular weight is 224 g/mol. The van der Waals surface area contributed by atoms with Gasteiger partial charge < -0.3 is 4.90 Å². The van der Waals surface area contributed by atoms with Crippen LogP contribution in [-0.4, -0.2) is 34.1 Å². The summed E-state index contributed by atoms with van der Waals surface area (Å²) in [5, 5.41) is 0. The topological polar surface area (TPSA) is 49.7 Å². The normalized spacial score (nSPS) is 15.9. The number of nitrogens with zero attached hydrogens (tertiary/aromatic N) is 2. The van der Waals surface area contributed by atoms with Crippen LogP contribution in [-0.2, 0) is 9.84 Å². The summed E-state index contributed by atoms with van der Waals surface area (Å²) in [5.74, 6) is 0. The Morgan fingerprint density at radius 3 is 2.40 bits per heavy atom. The highest BCUT2D eigenvalue weighted by Crippen LogP contribution is 2.18. The molecular formula is C10H12N2O2S. The molecule has 0 fully saturated rings. The van der Waals surface area contributed by atoms with Crippen LogP contribution in [0.1, 0.15) is 0 Å². The molecule has 4 nitrogen and oxygen atoms in total. The highest BCUT2D eigenvalue weighted by Gasteiger charge is 2.10. The van der Waals surface area contributed by atoms with Crippen molar-refractivity contribution in [2.45, 2.75) is 4.90 Å². The molecule has 2 rings (SSSR count). The molecule has 0 saturated carbocycles. The second-order valence-electron chi connectivity index (χ2n) is 3.48. The van der Waals surface area contributed by atoms with Crippen molar-refractivity contribution in [3.63, 3.8) is 0 Å². The molecule has 80 valence electrons. The average Bonchev–Trinajstić information content (AvgIpc) is 2.69. The van der Waals surface area contributed by atoms with Gasteiger partial charge in [0.25, 0.3) is 0 Å². The summed E-state index contributed by atoms with van der Waals surface area (Å²) in [4.78, 5) is 6.44. The van der Waals surface area contributed by atoms with Gasteiger partial charge in [-0.05, 0) is 24.3 Å². The van der Waals surface area contributed by atoms with E-state index in [4.69, 9.17) is 0 Å². The molecule has 15 heavy (non-hydrogen) atoms. The molecule has 1 aliphatic rings. The minimum absolute atomic E-state index is 0.349. The zero-order chi connectivity index (χ0) is 10.9. The summed E-state index contributed by atoms with van der Waals surface area (Å²) in [7, 11) is -3.10. The molecule has 0 atom stereocenters. The van der Waals surface area contributed by atoms with Gasteiger partial charge in [-0.2, -0.15) is 0 Å². The number of aliphatic imine (C=N–C) groups is 1. The van der Waals surface area contributed by atoms with E-state index in [0.29, 0.717) is 4.90 Å². The molecule has 0 aliphatic carbocycles. The Balaban J connectivity index is 2.28. The lowest BCUT2D eigenvalue weighted by Gasteiger charge is -2.13. The Hall–Kier alpha value is -1.36. The van der Waals surface area contributed by atoms with E-state index in [9.17, 15) is 8.42 Å². The Bertz CT molecular complexity index is 477. The van der Waals surface area contributed by atoms with Crippen LogP contribution >= 0.6 is 0 Å². The van der Waals surface area contributed by atoms with E-state index in [1.165, 1.54) is 6.26 Å². The number of rotatable bonds is 2. The van der Waals surface area contributed by atoms with Crippen LogP contribution in [0.2, 0.25) is 0 Å². The highest BCUT2D eigenvalue weighted by molar-refractivity contribution is 7.90. The second kappa shape index (κ2) is 3.66. The van der Waals surface area contributed by atoms with Gasteiger partial charge in [0.15, 0.2) is 9.84 Å². The van der Waals surface area contributed by atoms with Gasteiger partial charge in [0.05, 0.1) is 17.8 Å². The first-order valence-corrected chi connectivity index (χ1v) is 6.53. The SMILES string of the molecule is CS(=O)(=O)c1ccc(N2C=NCC2)cc1. The van der Waals surface area contributed by atoms with E-state index in [0.717, 1.165) is 18.8 Å². The van der Waals surface area contributed by atoms with Crippen molar-refractivity contribution < 1.29 is 8.42 Å². The van der Waals surface area contributed by atoms with Crippen molar-refractivity contribution in [1.82, 2.24) is 0 Å². The van der Waals surface area contributed by atoms with E-state index in [1.54, 1.807) is 30.6 Å². The van der Waals surface area contributed by atoms with E-state index >= 15 is 0 Å². The quantitative estimate of drug-likeness (QED) is 0.751. The predicted octanol–water partition coefficient (Wildman–Crippen LogP) is 0.938. The van der Waals surface area contributed by atoms with Gasteiger partial charge in [-0.1, -0.05) is 0 Å². The largest absolute Gasteiger partial charge is 0.331 e. The summed E-state index contributed by atoms with van der Waals surface area (Å²) >= 11 is 0. The van der Waals surface area contributed by atoms with Crippen LogP contribution in [0.5, 0.6) is 0 Å². The molecular weight excluding hydrogens is 212 g/mol. The minimum atomic E-state index is -3.10. The summed E-state index contributed by atoms with van der Waals surface area (Å²) in [5.41, 5.74) is 0.976. The molecule has 1 heterocycles. The fourth-order valence-corrected chi connectivity index (χ4v) is 2.09. The Labute approximate surface area is 89.2 Å².